The Bertz CT molecular complexity index is 1340. The van der Waals surface area contributed by atoms with Crippen molar-refractivity contribution in [1.29, 1.82) is 0 Å². The lowest BCUT2D eigenvalue weighted by Gasteiger charge is -2.20. The van der Waals surface area contributed by atoms with Crippen LogP contribution in [-0.2, 0) is 9.47 Å². The van der Waals surface area contributed by atoms with Gasteiger partial charge < -0.3 is 20.1 Å². The van der Waals surface area contributed by atoms with Crippen molar-refractivity contribution in [3.63, 3.8) is 0 Å². The van der Waals surface area contributed by atoms with Crippen molar-refractivity contribution in [2.75, 3.05) is 30.5 Å². The molecule has 14 heteroatoms. The summed E-state index contributed by atoms with van der Waals surface area (Å²) in [6.07, 6.45) is 6.56. The largest absolute Gasteiger partial charge is 0.381 e. The lowest BCUT2D eigenvalue weighted by molar-refractivity contribution is 0.0328. The molecule has 12 nitrogen and oxygen atoms in total. The molecule has 2 atom stereocenters. The van der Waals surface area contributed by atoms with Crippen LogP contribution in [0.1, 0.15) is 25.1 Å². The van der Waals surface area contributed by atoms with Crippen molar-refractivity contribution in [2.24, 2.45) is 5.92 Å². The van der Waals surface area contributed by atoms with Crippen LogP contribution in [0.5, 0.6) is 0 Å². The molecule has 5 rings (SSSR count). The number of fused-ring (bicyclic) bond motifs is 1. The second-order valence-electron chi connectivity index (χ2n) is 7.93. The van der Waals surface area contributed by atoms with Crippen LogP contribution in [-0.4, -0.2) is 60.4 Å². The SMILES string of the molecule is C[C@H](OCC1CCOC1)c1c(NC(=O)Nc2cnc(-n3nccn3)c(Cl)c2)cnc2cc(Cl)nn12. The number of pyridine rings is 1. The average Bonchev–Trinajstić information content (AvgIpc) is 3.59. The van der Waals surface area contributed by atoms with E-state index in [1.807, 2.05) is 6.92 Å². The van der Waals surface area contributed by atoms with Crippen molar-refractivity contribution in [3.8, 4) is 5.82 Å². The number of rotatable bonds is 7. The Morgan fingerprint density at radius 1 is 1.23 bits per heavy atom. The zero-order valence-electron chi connectivity index (χ0n) is 18.6. The van der Waals surface area contributed by atoms with Gasteiger partial charge in [-0.2, -0.15) is 15.3 Å². The van der Waals surface area contributed by atoms with Gasteiger partial charge in [0.15, 0.2) is 16.6 Å². The third-order valence-corrected chi connectivity index (χ3v) is 5.88. The first-order valence-electron chi connectivity index (χ1n) is 10.8. The van der Waals surface area contributed by atoms with Crippen molar-refractivity contribution in [3.05, 3.63) is 52.8 Å². The summed E-state index contributed by atoms with van der Waals surface area (Å²) in [7, 11) is 0. The van der Waals surface area contributed by atoms with Crippen LogP contribution in [0, 0.1) is 5.92 Å². The van der Waals surface area contributed by atoms with E-state index in [1.165, 1.54) is 23.4 Å². The maximum absolute atomic E-state index is 12.8. The Morgan fingerprint density at radius 2 is 2.06 bits per heavy atom. The highest BCUT2D eigenvalue weighted by Crippen LogP contribution is 2.28. The fourth-order valence-corrected chi connectivity index (χ4v) is 4.16. The molecule has 5 heterocycles. The first-order chi connectivity index (χ1) is 17.0. The highest BCUT2D eigenvalue weighted by Gasteiger charge is 2.23. The first kappa shape index (κ1) is 23.4. The van der Waals surface area contributed by atoms with Crippen LogP contribution in [0.4, 0.5) is 16.2 Å². The molecule has 35 heavy (non-hydrogen) atoms. The van der Waals surface area contributed by atoms with Crippen LogP contribution in [0.2, 0.25) is 10.2 Å². The van der Waals surface area contributed by atoms with Crippen LogP contribution >= 0.6 is 23.2 Å². The highest BCUT2D eigenvalue weighted by atomic mass is 35.5. The Hall–Kier alpha value is -3.32. The summed E-state index contributed by atoms with van der Waals surface area (Å²) in [6.45, 7) is 3.82. The third-order valence-electron chi connectivity index (χ3n) is 5.42. The minimum atomic E-state index is -0.523. The zero-order chi connectivity index (χ0) is 24.4. The maximum Gasteiger partial charge on any atom is 0.323 e. The van der Waals surface area contributed by atoms with Crippen LogP contribution in [0.3, 0.4) is 0 Å². The van der Waals surface area contributed by atoms with Gasteiger partial charge in [0.1, 0.15) is 0 Å². The molecule has 1 fully saturated rings. The number of hydrogen-bond acceptors (Lipinski definition) is 8. The molecule has 4 aromatic heterocycles. The Balaban J connectivity index is 1.34. The number of aromatic nitrogens is 7. The third kappa shape index (κ3) is 5.20. The summed E-state index contributed by atoms with van der Waals surface area (Å²) in [4.78, 5) is 22.7. The molecule has 1 unspecified atom stereocenters. The summed E-state index contributed by atoms with van der Waals surface area (Å²) < 4.78 is 13.1. The number of hydrogen-bond donors (Lipinski definition) is 2. The fraction of sp³-hybridized carbons (Fsp3) is 0.333. The van der Waals surface area contributed by atoms with E-state index in [9.17, 15) is 4.79 Å². The van der Waals surface area contributed by atoms with E-state index in [0.29, 0.717) is 47.7 Å². The second-order valence-corrected chi connectivity index (χ2v) is 8.72. The number of halogens is 2. The number of carbonyl (C=O) groups excluding carboxylic acids is 1. The molecule has 0 radical (unpaired) electrons. The molecule has 1 saturated heterocycles. The lowest BCUT2D eigenvalue weighted by Crippen LogP contribution is -2.23. The van der Waals surface area contributed by atoms with E-state index in [1.54, 1.807) is 22.8 Å². The van der Waals surface area contributed by atoms with Crippen LogP contribution < -0.4 is 10.6 Å². The van der Waals surface area contributed by atoms with Crippen molar-refractivity contribution in [2.45, 2.75) is 19.4 Å². The Labute approximate surface area is 209 Å². The van der Waals surface area contributed by atoms with Crippen LogP contribution in [0.15, 0.2) is 36.9 Å². The maximum atomic E-state index is 12.8. The summed E-state index contributed by atoms with van der Waals surface area (Å²) in [5, 5.41) is 18.4. The lowest BCUT2D eigenvalue weighted by atomic mass is 10.1. The minimum Gasteiger partial charge on any atom is -0.381 e. The van der Waals surface area contributed by atoms with E-state index in [0.717, 1.165) is 13.0 Å². The summed E-state index contributed by atoms with van der Waals surface area (Å²) in [6, 6.07) is 2.67. The molecule has 4 aromatic rings. The average molecular weight is 518 g/mol. The van der Waals surface area contributed by atoms with E-state index in [2.05, 4.69) is 35.9 Å². The number of ether oxygens (including phenoxy) is 2. The van der Waals surface area contributed by atoms with Gasteiger partial charge in [0, 0.05) is 18.6 Å². The standard InChI is InChI=1S/C21H21Cl2N9O3/c1-12(35-11-13-2-5-34-10-13)19-16(9-24-18-7-17(23)30-31(18)19)29-21(33)28-14-6-15(22)20(25-8-14)32-26-3-4-27-32/h3-4,6-9,12-13H,2,5,10-11H2,1H3,(H2,28,29,33)/t12-,13?/m0/s1. The monoisotopic (exact) mass is 517 g/mol. The molecule has 2 N–H and O–H groups in total. The van der Waals surface area contributed by atoms with Gasteiger partial charge in [-0.3, -0.25) is 0 Å². The molecule has 0 bridgehead atoms. The quantitative estimate of drug-likeness (QED) is 0.378. The fourth-order valence-electron chi connectivity index (χ4n) is 3.74. The number of nitrogens with zero attached hydrogens (tertiary/aromatic N) is 7. The summed E-state index contributed by atoms with van der Waals surface area (Å²) in [5.74, 6) is 0.668. The van der Waals surface area contributed by atoms with Crippen molar-refractivity contribution >= 4 is 46.3 Å². The van der Waals surface area contributed by atoms with Gasteiger partial charge in [0.2, 0.25) is 0 Å². The molecule has 1 aliphatic heterocycles. The zero-order valence-corrected chi connectivity index (χ0v) is 20.1. The van der Waals surface area contributed by atoms with Gasteiger partial charge >= 0.3 is 6.03 Å². The topological polar surface area (TPSA) is 133 Å². The van der Waals surface area contributed by atoms with E-state index >= 15 is 0 Å². The number of carbonyl (C=O) groups is 1. The number of urea groups is 1. The predicted octanol–water partition coefficient (Wildman–Crippen LogP) is 3.77. The molecule has 0 aromatic carbocycles. The van der Waals surface area contributed by atoms with Crippen LogP contribution in [0.25, 0.3) is 11.5 Å². The van der Waals surface area contributed by atoms with E-state index in [4.69, 9.17) is 32.7 Å². The summed E-state index contributed by atoms with van der Waals surface area (Å²) >= 11 is 12.4. The van der Waals surface area contributed by atoms with Gasteiger partial charge in [-0.05, 0) is 19.4 Å². The second kappa shape index (κ2) is 10.1. The van der Waals surface area contributed by atoms with Gasteiger partial charge in [-0.1, -0.05) is 23.2 Å². The van der Waals surface area contributed by atoms with E-state index < -0.39 is 12.1 Å². The molecule has 0 spiro atoms. The number of amides is 2. The molecular weight excluding hydrogens is 497 g/mol. The predicted molar refractivity (Wildman–Crippen MR) is 128 cm³/mol. The molecule has 2 amide bonds. The van der Waals surface area contributed by atoms with E-state index in [-0.39, 0.29) is 10.2 Å². The number of nitrogens with one attached hydrogen (secondary N) is 2. The van der Waals surface area contributed by atoms with Gasteiger partial charge in [0.05, 0.1) is 66.2 Å². The first-order valence-corrected chi connectivity index (χ1v) is 11.6. The molecule has 182 valence electrons. The Morgan fingerprint density at radius 3 is 2.80 bits per heavy atom. The van der Waals surface area contributed by atoms with Crippen molar-refractivity contribution in [1.82, 2.24) is 34.6 Å². The Kier molecular flexibility index (Phi) is 6.77. The highest BCUT2D eigenvalue weighted by molar-refractivity contribution is 6.32. The molecule has 0 aliphatic carbocycles. The number of anilines is 2. The smallest absolute Gasteiger partial charge is 0.323 e. The van der Waals surface area contributed by atoms with Gasteiger partial charge in [0.25, 0.3) is 0 Å². The van der Waals surface area contributed by atoms with Crippen molar-refractivity contribution < 1.29 is 14.3 Å². The van der Waals surface area contributed by atoms with Gasteiger partial charge in [-0.15, -0.1) is 4.80 Å². The summed E-state index contributed by atoms with van der Waals surface area (Å²) in [5.41, 5.74) is 1.94. The molecular formula is C21H21Cl2N9O3. The molecule has 1 aliphatic rings. The molecule has 0 saturated carbocycles. The normalized spacial score (nSPS) is 16.5. The minimum absolute atomic E-state index is 0.270. The van der Waals surface area contributed by atoms with Gasteiger partial charge in [-0.25, -0.2) is 19.3 Å².